The van der Waals surface area contributed by atoms with Gasteiger partial charge >= 0.3 is 0 Å². The van der Waals surface area contributed by atoms with Crippen LogP contribution in [-0.2, 0) is 14.8 Å². The molecule has 0 saturated heterocycles. The highest BCUT2D eigenvalue weighted by Crippen LogP contribution is 1.86. The molecule has 0 aliphatic heterocycles. The maximum atomic E-state index is 10.9. The maximum absolute atomic E-state index is 10.9. The molecule has 0 aromatic rings. The average Bonchev–Trinajstić information content (AvgIpc) is 1.98. The minimum Gasteiger partial charge on any atom is -0.378 e. The van der Waals surface area contributed by atoms with Crippen LogP contribution in [0.5, 0.6) is 0 Å². The van der Waals surface area contributed by atoms with Crippen molar-refractivity contribution in [3.63, 3.8) is 0 Å². The van der Waals surface area contributed by atoms with Gasteiger partial charge in [-0.25, -0.2) is 13.1 Å². The van der Waals surface area contributed by atoms with E-state index in [1.807, 2.05) is 6.92 Å². The van der Waals surface area contributed by atoms with Crippen molar-refractivity contribution in [2.45, 2.75) is 13.8 Å². The van der Waals surface area contributed by atoms with Crippen LogP contribution in [0.2, 0.25) is 0 Å². The molecule has 4 nitrogen and oxygen atoms in total. The molecule has 0 fully saturated rings. The molecule has 0 heterocycles. The fourth-order valence-electron chi connectivity index (χ4n) is 0.601. The van der Waals surface area contributed by atoms with E-state index < -0.39 is 10.0 Å². The summed E-state index contributed by atoms with van der Waals surface area (Å²) in [5.74, 6) is 0. The molecule has 0 aliphatic rings. The van der Waals surface area contributed by atoms with E-state index in [9.17, 15) is 8.42 Å². The summed E-state index contributed by atoms with van der Waals surface area (Å²) in [6.45, 7) is 4.91. The van der Waals surface area contributed by atoms with Crippen LogP contribution < -0.4 is 4.72 Å². The molecule has 0 spiro atoms. The van der Waals surface area contributed by atoms with Crippen molar-refractivity contribution in [3.05, 3.63) is 11.5 Å². The molecule has 0 unspecified atom stereocenters. The Morgan fingerprint density at radius 2 is 2.08 bits per heavy atom. The first kappa shape index (κ1) is 11.6. The van der Waals surface area contributed by atoms with E-state index in [0.717, 1.165) is 5.41 Å². The summed E-state index contributed by atoms with van der Waals surface area (Å²) in [7, 11) is -3.22. The number of ether oxygens (including phenoxy) is 1. The minimum atomic E-state index is -3.22. The summed E-state index contributed by atoms with van der Waals surface area (Å²) in [4.78, 5) is 0. The first-order valence-electron chi connectivity index (χ1n) is 3.86. The average molecular weight is 193 g/mol. The quantitative estimate of drug-likeness (QED) is 0.624. The van der Waals surface area contributed by atoms with Crippen molar-refractivity contribution in [1.82, 2.24) is 4.72 Å². The molecule has 0 aromatic carbocycles. The Kier molecular flexibility index (Phi) is 5.96. The molecule has 0 radical (unpaired) electrons. The van der Waals surface area contributed by atoms with Gasteiger partial charge in [-0.1, -0.05) is 6.92 Å². The van der Waals surface area contributed by atoms with Crippen molar-refractivity contribution < 1.29 is 13.2 Å². The first-order valence-corrected chi connectivity index (χ1v) is 5.41. The minimum absolute atomic E-state index is 0.334. The van der Waals surface area contributed by atoms with E-state index in [0.29, 0.717) is 19.8 Å². The second-order valence-electron chi connectivity index (χ2n) is 2.07. The highest BCUT2D eigenvalue weighted by Gasteiger charge is 1.99. The molecule has 12 heavy (non-hydrogen) atoms. The molecule has 72 valence electrons. The predicted molar refractivity (Wildman–Crippen MR) is 48.2 cm³/mol. The topological polar surface area (TPSA) is 55.4 Å². The van der Waals surface area contributed by atoms with Crippen LogP contribution in [-0.4, -0.2) is 28.2 Å². The lowest BCUT2D eigenvalue weighted by molar-refractivity contribution is 0.177. The molecule has 0 bridgehead atoms. The van der Waals surface area contributed by atoms with Crippen LogP contribution >= 0.6 is 0 Å². The Bertz CT molecular complexity index is 221. The molecule has 1 N–H and O–H groups in total. The predicted octanol–water partition coefficient (Wildman–Crippen LogP) is 0.476. The van der Waals surface area contributed by atoms with Gasteiger partial charge in [0, 0.05) is 18.6 Å². The summed E-state index contributed by atoms with van der Waals surface area (Å²) in [5.41, 5.74) is 0. The highest BCUT2D eigenvalue weighted by atomic mass is 32.2. The molecule has 0 aliphatic carbocycles. The second kappa shape index (κ2) is 6.16. The Morgan fingerprint density at radius 3 is 2.58 bits per heavy atom. The summed E-state index contributed by atoms with van der Waals surface area (Å²) in [6, 6.07) is 0. The number of hydrogen-bond donors (Lipinski definition) is 1. The van der Waals surface area contributed by atoms with Gasteiger partial charge in [0.1, 0.15) is 0 Å². The van der Waals surface area contributed by atoms with Crippen molar-refractivity contribution in [2.75, 3.05) is 19.8 Å². The van der Waals surface area contributed by atoms with Crippen LogP contribution in [0.15, 0.2) is 11.5 Å². The van der Waals surface area contributed by atoms with Crippen LogP contribution in [0, 0.1) is 0 Å². The number of rotatable bonds is 6. The Labute approximate surface area is 73.7 Å². The fourth-order valence-corrected chi connectivity index (χ4v) is 1.43. The van der Waals surface area contributed by atoms with Gasteiger partial charge in [-0.3, -0.25) is 0 Å². The maximum Gasteiger partial charge on any atom is 0.233 e. The molecular weight excluding hydrogens is 178 g/mol. The van der Waals surface area contributed by atoms with Gasteiger partial charge in [-0.2, -0.15) is 0 Å². The van der Waals surface area contributed by atoms with Gasteiger partial charge in [0.25, 0.3) is 0 Å². The van der Waals surface area contributed by atoms with Crippen LogP contribution in [0.3, 0.4) is 0 Å². The summed E-state index contributed by atoms with van der Waals surface area (Å²) < 4.78 is 29.1. The van der Waals surface area contributed by atoms with Crippen LogP contribution in [0.1, 0.15) is 13.8 Å². The van der Waals surface area contributed by atoms with E-state index >= 15 is 0 Å². The second-order valence-corrected chi connectivity index (χ2v) is 3.73. The van der Waals surface area contributed by atoms with E-state index in [-0.39, 0.29) is 0 Å². The number of nitrogens with one attached hydrogen (secondary N) is 1. The van der Waals surface area contributed by atoms with Crippen LogP contribution in [0.25, 0.3) is 0 Å². The van der Waals surface area contributed by atoms with Gasteiger partial charge < -0.3 is 4.74 Å². The zero-order chi connectivity index (χ0) is 9.45. The molecular formula is C7H15NO3S. The van der Waals surface area contributed by atoms with Crippen molar-refractivity contribution >= 4 is 10.0 Å². The third-order valence-electron chi connectivity index (χ3n) is 1.04. The highest BCUT2D eigenvalue weighted by molar-refractivity contribution is 7.92. The van der Waals surface area contributed by atoms with E-state index in [4.69, 9.17) is 4.74 Å². The fraction of sp³-hybridized carbons (Fsp3) is 0.714. The Balaban J connectivity index is 3.81. The zero-order valence-corrected chi connectivity index (χ0v) is 8.23. The SMILES string of the molecule is CCNS(=O)(=O)/C=C/COCC. The first-order chi connectivity index (χ1) is 5.62. The normalized spacial score (nSPS) is 12.5. The van der Waals surface area contributed by atoms with Crippen molar-refractivity contribution in [2.24, 2.45) is 0 Å². The lowest BCUT2D eigenvalue weighted by Crippen LogP contribution is -2.20. The molecule has 0 atom stereocenters. The zero-order valence-electron chi connectivity index (χ0n) is 7.41. The van der Waals surface area contributed by atoms with E-state index in [1.165, 1.54) is 6.08 Å². The molecule has 0 saturated carbocycles. The molecule has 0 aromatic heterocycles. The van der Waals surface area contributed by atoms with Crippen molar-refractivity contribution in [3.8, 4) is 0 Å². The lowest BCUT2D eigenvalue weighted by atomic mass is 10.7. The standard InChI is InChI=1S/C7H15NO3S/c1-3-8-12(9,10)7-5-6-11-4-2/h5,7-8H,3-4,6H2,1-2H3/b7-5+. The lowest BCUT2D eigenvalue weighted by Gasteiger charge is -1.97. The molecule has 0 rings (SSSR count). The van der Waals surface area contributed by atoms with E-state index in [2.05, 4.69) is 4.72 Å². The smallest absolute Gasteiger partial charge is 0.233 e. The van der Waals surface area contributed by atoms with Crippen LogP contribution in [0.4, 0.5) is 0 Å². The number of sulfonamides is 1. The van der Waals surface area contributed by atoms with Gasteiger partial charge in [-0.15, -0.1) is 0 Å². The summed E-state index contributed by atoms with van der Waals surface area (Å²) in [5, 5.41) is 1.12. The summed E-state index contributed by atoms with van der Waals surface area (Å²) >= 11 is 0. The van der Waals surface area contributed by atoms with Gasteiger partial charge in [0.2, 0.25) is 10.0 Å². The Morgan fingerprint density at radius 1 is 1.42 bits per heavy atom. The van der Waals surface area contributed by atoms with E-state index in [1.54, 1.807) is 6.92 Å². The van der Waals surface area contributed by atoms with Gasteiger partial charge in [-0.05, 0) is 13.0 Å². The van der Waals surface area contributed by atoms with Gasteiger partial charge in [0.05, 0.1) is 6.61 Å². The summed E-state index contributed by atoms with van der Waals surface area (Å²) in [6.07, 6.45) is 1.47. The third-order valence-corrected chi connectivity index (χ3v) is 2.28. The third kappa shape index (κ3) is 6.33. The monoisotopic (exact) mass is 193 g/mol. The number of hydrogen-bond acceptors (Lipinski definition) is 3. The van der Waals surface area contributed by atoms with Crippen molar-refractivity contribution in [1.29, 1.82) is 0 Å². The molecule has 5 heteroatoms. The molecule has 0 amide bonds. The van der Waals surface area contributed by atoms with Gasteiger partial charge in [0.15, 0.2) is 0 Å². The Hall–Kier alpha value is -0.390. The largest absolute Gasteiger partial charge is 0.378 e.